The molecule has 1 heterocycles. The largest absolute Gasteiger partial charge is 0.496 e. The van der Waals surface area contributed by atoms with Gasteiger partial charge in [-0.2, -0.15) is 0 Å². The molecule has 6 heteroatoms. The highest BCUT2D eigenvalue weighted by Gasteiger charge is 2.29. The molecule has 0 bridgehead atoms. The minimum Gasteiger partial charge on any atom is -0.496 e. The van der Waals surface area contributed by atoms with E-state index in [4.69, 9.17) is 9.47 Å². The summed E-state index contributed by atoms with van der Waals surface area (Å²) in [5.74, 6) is -0.883. The Labute approximate surface area is 129 Å². The van der Waals surface area contributed by atoms with E-state index in [1.54, 1.807) is 6.07 Å². The first-order valence-corrected chi connectivity index (χ1v) is 7.45. The summed E-state index contributed by atoms with van der Waals surface area (Å²) < 4.78 is 23.8. The highest BCUT2D eigenvalue weighted by molar-refractivity contribution is 5.70. The summed E-state index contributed by atoms with van der Waals surface area (Å²) >= 11 is 0. The summed E-state index contributed by atoms with van der Waals surface area (Å²) in [5, 5.41) is 12.5. The number of halogens is 1. The summed E-state index contributed by atoms with van der Waals surface area (Å²) in [6.45, 7) is 1.95. The molecule has 0 saturated carbocycles. The molecule has 0 amide bonds. The Kier molecular flexibility index (Phi) is 6.15. The van der Waals surface area contributed by atoms with Crippen LogP contribution in [-0.2, 0) is 16.1 Å². The van der Waals surface area contributed by atoms with Gasteiger partial charge in [-0.15, -0.1) is 0 Å². The number of carboxylic acids is 1. The second kappa shape index (κ2) is 8.10. The maximum absolute atomic E-state index is 13.3. The van der Waals surface area contributed by atoms with Gasteiger partial charge in [-0.25, -0.2) is 4.39 Å². The lowest BCUT2D eigenvalue weighted by atomic mass is 9.86. The maximum Gasteiger partial charge on any atom is 0.308 e. The van der Waals surface area contributed by atoms with Crippen molar-refractivity contribution in [3.05, 3.63) is 29.6 Å². The third-order valence-electron chi connectivity index (χ3n) is 4.07. The predicted octanol–water partition coefficient (Wildman–Crippen LogP) is 2.05. The predicted molar refractivity (Wildman–Crippen MR) is 79.3 cm³/mol. The van der Waals surface area contributed by atoms with Crippen LogP contribution in [0.3, 0.4) is 0 Å². The standard InChI is InChI=1S/C16H22FNO4/c1-21-15-3-2-13(17)8-12(15)9-18-10-14(16(19)20)11-4-6-22-7-5-11/h2-3,8,11,14,18H,4-7,9-10H2,1H3,(H,19,20). The highest BCUT2D eigenvalue weighted by atomic mass is 19.1. The maximum atomic E-state index is 13.3. The summed E-state index contributed by atoms with van der Waals surface area (Å²) in [6.07, 6.45) is 1.53. The molecule has 0 spiro atoms. The second-order valence-electron chi connectivity index (χ2n) is 5.48. The van der Waals surface area contributed by atoms with Crippen molar-refractivity contribution in [3.8, 4) is 5.75 Å². The van der Waals surface area contributed by atoms with Crippen LogP contribution in [-0.4, -0.2) is 37.9 Å². The van der Waals surface area contributed by atoms with Gasteiger partial charge in [0.15, 0.2) is 0 Å². The third kappa shape index (κ3) is 4.42. The molecule has 122 valence electrons. The van der Waals surface area contributed by atoms with Crippen LogP contribution in [0.15, 0.2) is 18.2 Å². The zero-order chi connectivity index (χ0) is 15.9. The lowest BCUT2D eigenvalue weighted by Crippen LogP contribution is -2.36. The SMILES string of the molecule is COc1ccc(F)cc1CNCC(C(=O)O)C1CCOCC1. The Morgan fingerprint density at radius 3 is 2.86 bits per heavy atom. The molecule has 0 aromatic heterocycles. The van der Waals surface area contributed by atoms with Crippen LogP contribution >= 0.6 is 0 Å². The topological polar surface area (TPSA) is 67.8 Å². The van der Waals surface area contributed by atoms with E-state index in [0.29, 0.717) is 37.6 Å². The molecule has 1 fully saturated rings. The van der Waals surface area contributed by atoms with Crippen molar-refractivity contribution in [2.75, 3.05) is 26.9 Å². The van der Waals surface area contributed by atoms with Crippen molar-refractivity contribution in [2.24, 2.45) is 11.8 Å². The second-order valence-corrected chi connectivity index (χ2v) is 5.48. The van der Waals surface area contributed by atoms with Crippen LogP contribution in [0, 0.1) is 17.7 Å². The number of hydrogen-bond acceptors (Lipinski definition) is 4. The molecule has 22 heavy (non-hydrogen) atoms. The molecule has 1 aliphatic rings. The number of hydrogen-bond donors (Lipinski definition) is 2. The number of carbonyl (C=O) groups is 1. The van der Waals surface area contributed by atoms with Crippen molar-refractivity contribution in [1.29, 1.82) is 0 Å². The van der Waals surface area contributed by atoms with E-state index < -0.39 is 11.9 Å². The number of carboxylic acid groups (broad SMARTS) is 1. The van der Waals surface area contributed by atoms with Crippen LogP contribution in [0.5, 0.6) is 5.75 Å². The fourth-order valence-electron chi connectivity index (χ4n) is 2.82. The fraction of sp³-hybridized carbons (Fsp3) is 0.562. The smallest absolute Gasteiger partial charge is 0.308 e. The van der Waals surface area contributed by atoms with E-state index in [2.05, 4.69) is 5.32 Å². The van der Waals surface area contributed by atoms with Crippen molar-refractivity contribution in [3.63, 3.8) is 0 Å². The van der Waals surface area contributed by atoms with Gasteiger partial charge in [0.1, 0.15) is 11.6 Å². The Bertz CT molecular complexity index is 503. The van der Waals surface area contributed by atoms with Gasteiger partial charge in [-0.1, -0.05) is 0 Å². The van der Waals surface area contributed by atoms with Gasteiger partial charge in [0.2, 0.25) is 0 Å². The molecule has 1 saturated heterocycles. The van der Waals surface area contributed by atoms with Crippen molar-refractivity contribution >= 4 is 5.97 Å². The number of aliphatic carboxylic acids is 1. The Morgan fingerprint density at radius 2 is 2.23 bits per heavy atom. The van der Waals surface area contributed by atoms with Crippen LogP contribution in [0.4, 0.5) is 4.39 Å². The molecule has 1 aromatic rings. The number of nitrogens with one attached hydrogen (secondary N) is 1. The quantitative estimate of drug-likeness (QED) is 0.807. The molecule has 0 aliphatic carbocycles. The van der Waals surface area contributed by atoms with Crippen LogP contribution < -0.4 is 10.1 Å². The zero-order valence-electron chi connectivity index (χ0n) is 12.7. The lowest BCUT2D eigenvalue weighted by Gasteiger charge is -2.27. The first-order valence-electron chi connectivity index (χ1n) is 7.45. The number of methoxy groups -OCH3 is 1. The van der Waals surface area contributed by atoms with Gasteiger partial charge in [-0.3, -0.25) is 4.79 Å². The van der Waals surface area contributed by atoms with E-state index in [1.165, 1.54) is 19.2 Å². The molecule has 0 radical (unpaired) electrons. The summed E-state index contributed by atoms with van der Waals surface area (Å²) in [6, 6.07) is 4.31. The number of ether oxygens (including phenoxy) is 2. The third-order valence-corrected chi connectivity index (χ3v) is 4.07. The first-order chi connectivity index (χ1) is 10.6. The van der Waals surface area contributed by atoms with E-state index in [9.17, 15) is 14.3 Å². The van der Waals surface area contributed by atoms with Gasteiger partial charge in [0.25, 0.3) is 0 Å². The fourth-order valence-corrected chi connectivity index (χ4v) is 2.82. The molecule has 1 unspecified atom stereocenters. The highest BCUT2D eigenvalue weighted by Crippen LogP contribution is 2.24. The van der Waals surface area contributed by atoms with Crippen molar-refractivity contribution in [1.82, 2.24) is 5.32 Å². The van der Waals surface area contributed by atoms with E-state index in [1.807, 2.05) is 0 Å². The van der Waals surface area contributed by atoms with Gasteiger partial charge < -0.3 is 19.9 Å². The van der Waals surface area contributed by atoms with Crippen LogP contribution in [0.25, 0.3) is 0 Å². The molecular weight excluding hydrogens is 289 g/mol. The van der Waals surface area contributed by atoms with Crippen molar-refractivity contribution < 1.29 is 23.8 Å². The average Bonchev–Trinajstić information content (AvgIpc) is 2.52. The average molecular weight is 311 g/mol. The van der Waals surface area contributed by atoms with Gasteiger partial charge in [0.05, 0.1) is 13.0 Å². The number of rotatable bonds is 7. The summed E-state index contributed by atoms with van der Waals surface area (Å²) in [5.41, 5.74) is 0.679. The number of benzene rings is 1. The molecule has 5 nitrogen and oxygen atoms in total. The van der Waals surface area contributed by atoms with Gasteiger partial charge in [0, 0.05) is 31.9 Å². The summed E-state index contributed by atoms with van der Waals surface area (Å²) in [7, 11) is 1.53. The zero-order valence-corrected chi connectivity index (χ0v) is 12.7. The lowest BCUT2D eigenvalue weighted by molar-refractivity contribution is -0.144. The molecule has 2 rings (SSSR count). The normalized spacial score (nSPS) is 17.2. The molecule has 1 aliphatic heterocycles. The van der Waals surface area contributed by atoms with Crippen molar-refractivity contribution in [2.45, 2.75) is 19.4 Å². The van der Waals surface area contributed by atoms with Crippen LogP contribution in [0.1, 0.15) is 18.4 Å². The summed E-state index contributed by atoms with van der Waals surface area (Å²) in [4.78, 5) is 11.5. The Morgan fingerprint density at radius 1 is 1.50 bits per heavy atom. The Balaban J connectivity index is 1.92. The molecule has 2 N–H and O–H groups in total. The minimum absolute atomic E-state index is 0.119. The molecular formula is C16H22FNO4. The first kappa shape index (κ1) is 16.7. The van der Waals surface area contributed by atoms with E-state index >= 15 is 0 Å². The van der Waals surface area contributed by atoms with Gasteiger partial charge in [-0.05, 0) is 37.0 Å². The van der Waals surface area contributed by atoms with Gasteiger partial charge >= 0.3 is 5.97 Å². The molecule has 1 atom stereocenters. The Hall–Kier alpha value is -1.66. The van der Waals surface area contributed by atoms with Crippen LogP contribution in [0.2, 0.25) is 0 Å². The molecule has 1 aromatic carbocycles. The minimum atomic E-state index is -0.800. The van der Waals surface area contributed by atoms with E-state index in [-0.39, 0.29) is 11.7 Å². The monoisotopic (exact) mass is 311 g/mol. The van der Waals surface area contributed by atoms with E-state index in [0.717, 1.165) is 12.8 Å².